The predicted molar refractivity (Wildman–Crippen MR) is 68.4 cm³/mol. The number of rotatable bonds is 5. The SMILES string of the molecule is CCN(Cc1cccs1)Cc1nnsc1N. The van der Waals surface area contributed by atoms with Crippen molar-refractivity contribution in [3.8, 4) is 0 Å². The molecule has 86 valence electrons. The van der Waals surface area contributed by atoms with E-state index in [2.05, 4.69) is 38.9 Å². The Bertz CT molecular complexity index is 424. The summed E-state index contributed by atoms with van der Waals surface area (Å²) in [4.78, 5) is 3.67. The summed E-state index contributed by atoms with van der Waals surface area (Å²) in [6, 6.07) is 4.22. The van der Waals surface area contributed by atoms with Crippen molar-refractivity contribution in [2.75, 3.05) is 12.3 Å². The van der Waals surface area contributed by atoms with Crippen molar-refractivity contribution in [2.24, 2.45) is 0 Å². The van der Waals surface area contributed by atoms with Gasteiger partial charge in [0.1, 0.15) is 10.7 Å². The molecule has 0 aliphatic carbocycles. The standard InChI is InChI=1S/C10H14N4S2/c1-2-14(6-8-4-3-5-15-8)7-9-10(11)16-13-12-9/h3-5H,2,6-7,11H2,1H3. The second-order valence-corrected chi connectivity index (χ2v) is 5.28. The van der Waals surface area contributed by atoms with Crippen molar-refractivity contribution in [1.29, 1.82) is 0 Å². The van der Waals surface area contributed by atoms with E-state index in [0.717, 1.165) is 30.3 Å². The summed E-state index contributed by atoms with van der Waals surface area (Å²) in [6.07, 6.45) is 0. The Kier molecular flexibility index (Phi) is 3.87. The second kappa shape index (κ2) is 5.38. The number of anilines is 1. The number of nitrogens with two attached hydrogens (primary N) is 1. The molecule has 0 saturated heterocycles. The summed E-state index contributed by atoms with van der Waals surface area (Å²) in [7, 11) is 0. The Hall–Kier alpha value is -0.980. The van der Waals surface area contributed by atoms with Crippen LogP contribution in [0.2, 0.25) is 0 Å². The maximum Gasteiger partial charge on any atom is 0.132 e. The van der Waals surface area contributed by atoms with Gasteiger partial charge in [-0.3, -0.25) is 4.90 Å². The molecule has 0 aliphatic heterocycles. The molecule has 2 rings (SSSR count). The summed E-state index contributed by atoms with van der Waals surface area (Å²) >= 11 is 3.03. The van der Waals surface area contributed by atoms with Crippen molar-refractivity contribution in [1.82, 2.24) is 14.5 Å². The van der Waals surface area contributed by atoms with E-state index in [1.807, 2.05) is 0 Å². The molecule has 0 aromatic carbocycles. The summed E-state index contributed by atoms with van der Waals surface area (Å²) in [5.41, 5.74) is 6.68. The number of hydrogen-bond donors (Lipinski definition) is 1. The van der Waals surface area contributed by atoms with Gasteiger partial charge in [-0.15, -0.1) is 16.4 Å². The number of thiophene rings is 1. The lowest BCUT2D eigenvalue weighted by Crippen LogP contribution is -2.22. The first kappa shape index (κ1) is 11.5. The molecule has 2 heterocycles. The highest BCUT2D eigenvalue weighted by atomic mass is 32.1. The molecule has 6 heteroatoms. The summed E-state index contributed by atoms with van der Waals surface area (Å²) in [5, 5.41) is 6.86. The van der Waals surface area contributed by atoms with Gasteiger partial charge in [0.25, 0.3) is 0 Å². The molecule has 0 radical (unpaired) electrons. The van der Waals surface area contributed by atoms with Gasteiger partial charge < -0.3 is 5.73 Å². The minimum atomic E-state index is 0.727. The minimum Gasteiger partial charge on any atom is -0.388 e. The molecule has 0 fully saturated rings. The number of nitrogens with zero attached hydrogens (tertiary/aromatic N) is 3. The molecule has 2 N–H and O–H groups in total. The van der Waals surface area contributed by atoms with Crippen LogP contribution < -0.4 is 5.73 Å². The third kappa shape index (κ3) is 2.78. The molecular formula is C10H14N4S2. The lowest BCUT2D eigenvalue weighted by molar-refractivity contribution is 0.271. The third-order valence-corrected chi connectivity index (χ3v) is 3.82. The maximum absolute atomic E-state index is 5.79. The molecule has 0 bridgehead atoms. The van der Waals surface area contributed by atoms with Gasteiger partial charge in [-0.25, -0.2) is 0 Å². The van der Waals surface area contributed by atoms with E-state index in [-0.39, 0.29) is 0 Å². The fraction of sp³-hybridized carbons (Fsp3) is 0.400. The Labute approximate surface area is 103 Å². The van der Waals surface area contributed by atoms with E-state index in [1.165, 1.54) is 16.4 Å². The number of nitrogen functional groups attached to an aromatic ring is 1. The second-order valence-electron chi connectivity index (χ2n) is 3.47. The quantitative estimate of drug-likeness (QED) is 0.888. The third-order valence-electron chi connectivity index (χ3n) is 2.37. The van der Waals surface area contributed by atoms with Crippen LogP contribution in [-0.4, -0.2) is 21.0 Å². The smallest absolute Gasteiger partial charge is 0.132 e. The first-order valence-corrected chi connectivity index (χ1v) is 6.76. The normalized spacial score (nSPS) is 11.1. The summed E-state index contributed by atoms with van der Waals surface area (Å²) < 4.78 is 3.85. The van der Waals surface area contributed by atoms with Crippen LogP contribution in [0.15, 0.2) is 17.5 Å². The molecule has 0 atom stereocenters. The molecule has 0 unspecified atom stereocenters. The van der Waals surface area contributed by atoms with Crippen LogP contribution in [0, 0.1) is 0 Å². The minimum absolute atomic E-state index is 0.727. The zero-order chi connectivity index (χ0) is 11.4. The van der Waals surface area contributed by atoms with Crippen molar-refractivity contribution < 1.29 is 0 Å². The van der Waals surface area contributed by atoms with E-state index in [4.69, 9.17) is 5.73 Å². The van der Waals surface area contributed by atoms with Crippen LogP contribution >= 0.6 is 22.9 Å². The summed E-state index contributed by atoms with van der Waals surface area (Å²) in [6.45, 7) is 4.85. The van der Waals surface area contributed by atoms with Crippen molar-refractivity contribution in [3.05, 3.63) is 28.1 Å². The lowest BCUT2D eigenvalue weighted by atomic mass is 10.3. The Morgan fingerprint density at radius 1 is 1.44 bits per heavy atom. The molecule has 0 saturated carbocycles. The first-order valence-electron chi connectivity index (χ1n) is 5.11. The van der Waals surface area contributed by atoms with E-state index < -0.39 is 0 Å². The van der Waals surface area contributed by atoms with Crippen LogP contribution in [-0.2, 0) is 13.1 Å². The fourth-order valence-electron chi connectivity index (χ4n) is 1.44. The van der Waals surface area contributed by atoms with Crippen LogP contribution in [0.5, 0.6) is 0 Å². The largest absolute Gasteiger partial charge is 0.388 e. The van der Waals surface area contributed by atoms with Crippen LogP contribution in [0.3, 0.4) is 0 Å². The fourth-order valence-corrected chi connectivity index (χ4v) is 2.62. The van der Waals surface area contributed by atoms with Gasteiger partial charge in [0, 0.05) is 29.5 Å². The van der Waals surface area contributed by atoms with Gasteiger partial charge in [-0.1, -0.05) is 17.5 Å². The van der Waals surface area contributed by atoms with Gasteiger partial charge in [-0.05, 0) is 18.0 Å². The number of aromatic nitrogens is 2. The Morgan fingerprint density at radius 2 is 2.31 bits per heavy atom. The van der Waals surface area contributed by atoms with Crippen LogP contribution in [0.25, 0.3) is 0 Å². The molecule has 2 aromatic heterocycles. The topological polar surface area (TPSA) is 55.0 Å². The average Bonchev–Trinajstić information content (AvgIpc) is 2.90. The molecule has 16 heavy (non-hydrogen) atoms. The van der Waals surface area contributed by atoms with Crippen LogP contribution in [0.4, 0.5) is 5.00 Å². The van der Waals surface area contributed by atoms with Gasteiger partial charge in [0.15, 0.2) is 0 Å². The van der Waals surface area contributed by atoms with Crippen LogP contribution in [0.1, 0.15) is 17.5 Å². The van der Waals surface area contributed by atoms with E-state index >= 15 is 0 Å². The van der Waals surface area contributed by atoms with Gasteiger partial charge in [0.05, 0.1) is 0 Å². The van der Waals surface area contributed by atoms with E-state index in [1.54, 1.807) is 11.3 Å². The zero-order valence-electron chi connectivity index (χ0n) is 9.09. The summed E-state index contributed by atoms with van der Waals surface area (Å²) in [5.74, 6) is 0. The Morgan fingerprint density at radius 3 is 2.88 bits per heavy atom. The highest BCUT2D eigenvalue weighted by Crippen LogP contribution is 2.17. The zero-order valence-corrected chi connectivity index (χ0v) is 10.7. The molecule has 2 aromatic rings. The maximum atomic E-state index is 5.79. The monoisotopic (exact) mass is 254 g/mol. The van der Waals surface area contributed by atoms with E-state index in [0.29, 0.717) is 0 Å². The first-order chi connectivity index (χ1) is 7.79. The highest BCUT2D eigenvalue weighted by molar-refractivity contribution is 7.10. The van der Waals surface area contributed by atoms with Gasteiger partial charge in [0.2, 0.25) is 0 Å². The average molecular weight is 254 g/mol. The van der Waals surface area contributed by atoms with Crippen molar-refractivity contribution >= 4 is 27.9 Å². The van der Waals surface area contributed by atoms with E-state index in [9.17, 15) is 0 Å². The van der Waals surface area contributed by atoms with Crippen molar-refractivity contribution in [2.45, 2.75) is 20.0 Å². The molecule has 0 aliphatic rings. The molecule has 4 nitrogen and oxygen atoms in total. The Balaban J connectivity index is 1.98. The van der Waals surface area contributed by atoms with Gasteiger partial charge >= 0.3 is 0 Å². The molecular weight excluding hydrogens is 240 g/mol. The lowest BCUT2D eigenvalue weighted by Gasteiger charge is -2.18. The molecule has 0 amide bonds. The molecule has 0 spiro atoms. The predicted octanol–water partition coefficient (Wildman–Crippen LogP) is 2.20. The van der Waals surface area contributed by atoms with Crippen molar-refractivity contribution in [3.63, 3.8) is 0 Å². The number of hydrogen-bond acceptors (Lipinski definition) is 6. The van der Waals surface area contributed by atoms with Gasteiger partial charge in [-0.2, -0.15) is 0 Å². The highest BCUT2D eigenvalue weighted by Gasteiger charge is 2.10.